The molecule has 14 rings (SSSR count). The van der Waals surface area contributed by atoms with Crippen LogP contribution in [-0.4, -0.2) is 0 Å². The molecule has 0 bridgehead atoms. The monoisotopic (exact) mass is 813 g/mol. The lowest BCUT2D eigenvalue weighted by molar-refractivity contribution is 0.668. The molecule has 0 saturated heterocycles. The van der Waals surface area contributed by atoms with Crippen molar-refractivity contribution in [2.24, 2.45) is 0 Å². The number of rotatable bonds is 5. The maximum absolute atomic E-state index is 6.33. The molecule has 0 N–H and O–H groups in total. The molecule has 0 fully saturated rings. The fourth-order valence-electron chi connectivity index (χ4n) is 11.7. The largest absolute Gasteiger partial charge is 0.456 e. The van der Waals surface area contributed by atoms with E-state index in [1.54, 1.807) is 0 Å². The SMILES string of the molecule is c1ccc(-c2ccc(N(c3ccc(-c4cccc5c4-c4cc6c(cc4C5)oc4ccccc46)cc3)c3cccc4c3-c3ccccc3C43c4ccccc4-c4ccccc43)cc2)cc1. The van der Waals surface area contributed by atoms with Crippen molar-refractivity contribution in [3.63, 3.8) is 0 Å². The second kappa shape index (κ2) is 13.4. The first kappa shape index (κ1) is 35.4. The van der Waals surface area contributed by atoms with Gasteiger partial charge in [0, 0.05) is 27.7 Å². The van der Waals surface area contributed by atoms with E-state index in [2.05, 4.69) is 223 Å². The smallest absolute Gasteiger partial charge is 0.135 e. The molecule has 2 nitrogen and oxygen atoms in total. The van der Waals surface area contributed by atoms with Gasteiger partial charge in [0.2, 0.25) is 0 Å². The number of fused-ring (bicyclic) bond motifs is 16. The topological polar surface area (TPSA) is 16.4 Å². The van der Waals surface area contributed by atoms with E-state index in [0.29, 0.717) is 0 Å². The highest BCUT2D eigenvalue weighted by Crippen LogP contribution is 2.64. The Balaban J connectivity index is 0.952. The van der Waals surface area contributed by atoms with Crippen molar-refractivity contribution in [2.45, 2.75) is 11.8 Å². The van der Waals surface area contributed by atoms with Crippen LogP contribution in [0.15, 0.2) is 229 Å². The second-order valence-electron chi connectivity index (χ2n) is 17.5. The molecule has 1 spiro atoms. The van der Waals surface area contributed by atoms with E-state index < -0.39 is 5.41 Å². The van der Waals surface area contributed by atoms with Crippen LogP contribution in [0.25, 0.3) is 77.6 Å². The van der Waals surface area contributed by atoms with Crippen molar-refractivity contribution in [1.29, 1.82) is 0 Å². The third-order valence-corrected chi connectivity index (χ3v) is 14.3. The third kappa shape index (κ3) is 4.85. The molecule has 1 aromatic heterocycles. The van der Waals surface area contributed by atoms with Crippen LogP contribution < -0.4 is 4.90 Å². The molecule has 1 heterocycles. The molecule has 0 unspecified atom stereocenters. The van der Waals surface area contributed by atoms with E-state index in [1.165, 1.54) is 94.4 Å². The van der Waals surface area contributed by atoms with E-state index in [0.717, 1.165) is 40.0 Å². The number of benzene rings is 10. The van der Waals surface area contributed by atoms with Crippen molar-refractivity contribution in [2.75, 3.05) is 4.90 Å². The summed E-state index contributed by atoms with van der Waals surface area (Å²) in [7, 11) is 0. The maximum atomic E-state index is 6.33. The highest BCUT2D eigenvalue weighted by molar-refractivity contribution is 6.08. The van der Waals surface area contributed by atoms with Gasteiger partial charge in [0.25, 0.3) is 0 Å². The Morgan fingerprint density at radius 2 is 0.906 bits per heavy atom. The van der Waals surface area contributed by atoms with Crippen molar-refractivity contribution >= 4 is 39.0 Å². The van der Waals surface area contributed by atoms with Gasteiger partial charge in [-0.05, 0) is 138 Å². The summed E-state index contributed by atoms with van der Waals surface area (Å²) in [5.74, 6) is 0. The quantitative estimate of drug-likeness (QED) is 0.172. The van der Waals surface area contributed by atoms with Crippen LogP contribution in [0.4, 0.5) is 17.1 Å². The zero-order valence-electron chi connectivity index (χ0n) is 34.9. The lowest BCUT2D eigenvalue weighted by Crippen LogP contribution is -2.26. The predicted molar refractivity (Wildman–Crippen MR) is 264 cm³/mol. The van der Waals surface area contributed by atoms with Crippen molar-refractivity contribution < 1.29 is 4.42 Å². The van der Waals surface area contributed by atoms with Crippen molar-refractivity contribution in [1.82, 2.24) is 0 Å². The van der Waals surface area contributed by atoms with E-state index in [-0.39, 0.29) is 0 Å². The molecule has 64 heavy (non-hydrogen) atoms. The first-order valence-electron chi connectivity index (χ1n) is 22.3. The van der Waals surface area contributed by atoms with Crippen molar-refractivity contribution in [3.8, 4) is 55.6 Å². The average Bonchev–Trinajstić information content (AvgIpc) is 4.09. The fourth-order valence-corrected chi connectivity index (χ4v) is 11.7. The molecule has 0 radical (unpaired) electrons. The lowest BCUT2D eigenvalue weighted by atomic mass is 9.70. The number of nitrogens with zero attached hydrogens (tertiary/aromatic N) is 1. The van der Waals surface area contributed by atoms with Crippen molar-refractivity contribution in [3.05, 3.63) is 258 Å². The summed E-state index contributed by atoms with van der Waals surface area (Å²) < 4.78 is 6.33. The summed E-state index contributed by atoms with van der Waals surface area (Å²) in [5, 5.41) is 2.33. The standard InChI is InChI=1S/C62H39NO/c1-2-14-39(15-3-1)40-28-32-44(33-29-40)63(57-26-13-25-56-61(57)50-20-6-10-24-55(50)62(56)53-22-8-4-17-47(53)48-18-5-9-23-54(48)62)45-34-30-41(31-35-45)46-21-12-16-42-36-43-37-59-52(38-51(43)60(42)46)49-19-7-11-27-58(49)64-59/h1-35,37-38H,36H2. The van der Waals surface area contributed by atoms with Gasteiger partial charge in [-0.15, -0.1) is 0 Å². The predicted octanol–water partition coefficient (Wildman–Crippen LogP) is 16.3. The van der Waals surface area contributed by atoms with Gasteiger partial charge >= 0.3 is 0 Å². The van der Waals surface area contributed by atoms with Gasteiger partial charge in [0.05, 0.1) is 11.1 Å². The number of para-hydroxylation sites is 1. The van der Waals surface area contributed by atoms with Gasteiger partial charge in [0.1, 0.15) is 11.2 Å². The van der Waals surface area contributed by atoms with Crippen LogP contribution in [-0.2, 0) is 11.8 Å². The van der Waals surface area contributed by atoms with E-state index in [1.807, 2.05) is 6.07 Å². The molecule has 10 aromatic carbocycles. The minimum absolute atomic E-state index is 0.430. The van der Waals surface area contributed by atoms with Crippen LogP contribution in [0.5, 0.6) is 0 Å². The maximum Gasteiger partial charge on any atom is 0.135 e. The second-order valence-corrected chi connectivity index (χ2v) is 17.5. The van der Waals surface area contributed by atoms with Gasteiger partial charge in [-0.1, -0.05) is 176 Å². The number of hydrogen-bond acceptors (Lipinski definition) is 2. The molecule has 0 amide bonds. The van der Waals surface area contributed by atoms with Crippen LogP contribution in [0, 0.1) is 0 Å². The molecule has 0 atom stereocenters. The Morgan fingerprint density at radius 3 is 1.64 bits per heavy atom. The Kier molecular flexibility index (Phi) is 7.41. The average molecular weight is 814 g/mol. The molecule has 2 heteroatoms. The Labute approximate surface area is 372 Å². The molecular formula is C62H39NO. The van der Waals surface area contributed by atoms with E-state index in [4.69, 9.17) is 4.42 Å². The third-order valence-electron chi connectivity index (χ3n) is 14.3. The minimum atomic E-state index is -0.430. The minimum Gasteiger partial charge on any atom is -0.456 e. The summed E-state index contributed by atoms with van der Waals surface area (Å²) in [6, 6.07) is 83.0. The summed E-state index contributed by atoms with van der Waals surface area (Å²) in [6.07, 6.45) is 0.896. The highest BCUT2D eigenvalue weighted by atomic mass is 16.3. The van der Waals surface area contributed by atoms with E-state index in [9.17, 15) is 0 Å². The van der Waals surface area contributed by atoms with E-state index >= 15 is 0 Å². The van der Waals surface area contributed by atoms with Gasteiger partial charge < -0.3 is 9.32 Å². The van der Waals surface area contributed by atoms with Gasteiger partial charge in [-0.2, -0.15) is 0 Å². The van der Waals surface area contributed by atoms with Crippen LogP contribution in [0.1, 0.15) is 33.4 Å². The Bertz CT molecular complexity index is 3640. The molecular weight excluding hydrogens is 775 g/mol. The van der Waals surface area contributed by atoms with Crippen LogP contribution in [0.3, 0.4) is 0 Å². The van der Waals surface area contributed by atoms with Gasteiger partial charge in [-0.3, -0.25) is 0 Å². The molecule has 0 saturated carbocycles. The first-order chi connectivity index (χ1) is 31.7. The summed E-state index contributed by atoms with van der Waals surface area (Å²) in [4.78, 5) is 2.48. The summed E-state index contributed by atoms with van der Waals surface area (Å²) >= 11 is 0. The molecule has 0 aliphatic heterocycles. The number of furan rings is 1. The van der Waals surface area contributed by atoms with Gasteiger partial charge in [0.15, 0.2) is 0 Å². The first-order valence-corrected chi connectivity index (χ1v) is 22.3. The number of hydrogen-bond donors (Lipinski definition) is 0. The highest BCUT2D eigenvalue weighted by Gasteiger charge is 2.52. The van der Waals surface area contributed by atoms with Crippen LogP contribution in [0.2, 0.25) is 0 Å². The van der Waals surface area contributed by atoms with Gasteiger partial charge in [-0.25, -0.2) is 0 Å². The Hall–Kier alpha value is -8.20. The molecule has 3 aliphatic rings. The summed E-state index contributed by atoms with van der Waals surface area (Å²) in [6.45, 7) is 0. The molecule has 298 valence electrons. The number of anilines is 3. The fraction of sp³-hybridized carbons (Fsp3) is 0.0323. The lowest BCUT2D eigenvalue weighted by Gasteiger charge is -2.32. The zero-order valence-corrected chi connectivity index (χ0v) is 34.9. The Morgan fingerprint density at radius 1 is 0.344 bits per heavy atom. The summed E-state index contributed by atoms with van der Waals surface area (Å²) in [5.41, 5.74) is 25.5. The molecule has 11 aromatic rings. The van der Waals surface area contributed by atoms with Crippen LogP contribution >= 0.6 is 0 Å². The zero-order chi connectivity index (χ0) is 41.9. The molecule has 3 aliphatic carbocycles. The normalized spacial score (nSPS) is 13.4.